The Morgan fingerprint density at radius 1 is 1.33 bits per heavy atom. The quantitative estimate of drug-likeness (QED) is 0.745. The van der Waals surface area contributed by atoms with Crippen LogP contribution < -0.4 is 10.1 Å². The molecule has 3 nitrogen and oxygen atoms in total. The number of rotatable bonds is 2. The molecule has 0 unspecified atom stereocenters. The van der Waals surface area contributed by atoms with Gasteiger partial charge in [-0.1, -0.05) is 12.1 Å². The van der Waals surface area contributed by atoms with Crippen LogP contribution in [0.25, 0.3) is 4.85 Å². The van der Waals surface area contributed by atoms with Crippen molar-refractivity contribution in [2.45, 2.75) is 18.9 Å². The summed E-state index contributed by atoms with van der Waals surface area (Å²) >= 11 is 0. The van der Waals surface area contributed by atoms with Crippen molar-refractivity contribution in [3.63, 3.8) is 0 Å². The highest BCUT2D eigenvalue weighted by Gasteiger charge is 2.14. The van der Waals surface area contributed by atoms with Crippen LogP contribution in [-0.2, 0) is 0 Å². The summed E-state index contributed by atoms with van der Waals surface area (Å²) in [5, 5.41) is 3.29. The average molecular weight is 202 g/mol. The van der Waals surface area contributed by atoms with Crippen molar-refractivity contribution in [3.8, 4) is 5.75 Å². The van der Waals surface area contributed by atoms with Crippen LogP contribution in [-0.4, -0.2) is 19.2 Å². The first-order chi connectivity index (χ1) is 7.38. The molecule has 3 heteroatoms. The molecule has 1 aromatic carbocycles. The number of hydrogen-bond donors (Lipinski definition) is 1. The van der Waals surface area contributed by atoms with E-state index in [1.165, 1.54) is 0 Å². The van der Waals surface area contributed by atoms with Crippen molar-refractivity contribution >= 4 is 5.69 Å². The number of nitrogens with zero attached hydrogens (tertiary/aromatic N) is 1. The minimum Gasteiger partial charge on any atom is -0.492 e. The van der Waals surface area contributed by atoms with E-state index in [0.29, 0.717) is 11.8 Å². The number of nitrogens with one attached hydrogen (secondary N) is 1. The maximum atomic E-state index is 6.92. The van der Waals surface area contributed by atoms with Crippen LogP contribution in [0.15, 0.2) is 24.3 Å². The van der Waals surface area contributed by atoms with Crippen LogP contribution in [0.2, 0.25) is 0 Å². The van der Waals surface area contributed by atoms with Crippen LogP contribution in [0.4, 0.5) is 5.69 Å². The first kappa shape index (κ1) is 10.0. The van der Waals surface area contributed by atoms with Gasteiger partial charge in [0.25, 0.3) is 0 Å². The van der Waals surface area contributed by atoms with Gasteiger partial charge in [0.2, 0.25) is 0 Å². The molecule has 15 heavy (non-hydrogen) atoms. The molecule has 0 radical (unpaired) electrons. The lowest BCUT2D eigenvalue weighted by atomic mass is 10.1. The summed E-state index contributed by atoms with van der Waals surface area (Å²) in [7, 11) is 0. The van der Waals surface area contributed by atoms with Gasteiger partial charge in [-0.25, -0.2) is 4.85 Å². The SMILES string of the molecule is [C-]#[N+]c1cccc(OC2CCNCC2)c1. The van der Waals surface area contributed by atoms with Gasteiger partial charge in [0.1, 0.15) is 11.9 Å². The van der Waals surface area contributed by atoms with E-state index in [0.717, 1.165) is 31.7 Å². The fourth-order valence-corrected chi connectivity index (χ4v) is 1.73. The molecule has 0 bridgehead atoms. The van der Waals surface area contributed by atoms with Gasteiger partial charge in [0.15, 0.2) is 5.69 Å². The lowest BCUT2D eigenvalue weighted by molar-refractivity contribution is 0.162. The highest BCUT2D eigenvalue weighted by atomic mass is 16.5. The number of ether oxygens (including phenoxy) is 1. The largest absolute Gasteiger partial charge is 0.492 e. The van der Waals surface area contributed by atoms with Gasteiger partial charge in [-0.2, -0.15) is 0 Å². The summed E-state index contributed by atoms with van der Waals surface area (Å²) in [6, 6.07) is 7.37. The topological polar surface area (TPSA) is 25.6 Å². The monoisotopic (exact) mass is 202 g/mol. The predicted molar refractivity (Wildman–Crippen MR) is 59.2 cm³/mol. The molecule has 0 aliphatic carbocycles. The van der Waals surface area contributed by atoms with E-state index >= 15 is 0 Å². The smallest absolute Gasteiger partial charge is 0.190 e. The third-order valence-electron chi connectivity index (χ3n) is 2.54. The summed E-state index contributed by atoms with van der Waals surface area (Å²) in [4.78, 5) is 3.38. The van der Waals surface area contributed by atoms with Crippen molar-refractivity contribution in [1.82, 2.24) is 5.32 Å². The Bertz CT molecular complexity index is 364. The van der Waals surface area contributed by atoms with Gasteiger partial charge in [-0.05, 0) is 38.1 Å². The Hall–Kier alpha value is -1.53. The number of hydrogen-bond acceptors (Lipinski definition) is 2. The first-order valence-electron chi connectivity index (χ1n) is 5.23. The van der Waals surface area contributed by atoms with Crippen molar-refractivity contribution in [3.05, 3.63) is 35.7 Å². The molecule has 0 atom stereocenters. The second-order valence-corrected chi connectivity index (χ2v) is 3.68. The van der Waals surface area contributed by atoms with Crippen LogP contribution in [0.3, 0.4) is 0 Å². The van der Waals surface area contributed by atoms with E-state index in [4.69, 9.17) is 11.3 Å². The molecule has 0 saturated carbocycles. The van der Waals surface area contributed by atoms with Crippen LogP contribution >= 0.6 is 0 Å². The minimum atomic E-state index is 0.298. The van der Waals surface area contributed by atoms with Gasteiger partial charge in [0.05, 0.1) is 6.57 Å². The Kier molecular flexibility index (Phi) is 3.21. The van der Waals surface area contributed by atoms with Crippen LogP contribution in [0, 0.1) is 6.57 Å². The molecule has 1 saturated heterocycles. The Labute approximate surface area is 89.9 Å². The van der Waals surface area contributed by atoms with Gasteiger partial charge in [-0.3, -0.25) is 0 Å². The molecule has 0 amide bonds. The molecule has 78 valence electrons. The van der Waals surface area contributed by atoms with Crippen molar-refractivity contribution in [2.24, 2.45) is 0 Å². The van der Waals surface area contributed by atoms with E-state index in [1.807, 2.05) is 12.1 Å². The van der Waals surface area contributed by atoms with Crippen molar-refractivity contribution < 1.29 is 4.74 Å². The first-order valence-corrected chi connectivity index (χ1v) is 5.23. The molecule has 1 aliphatic heterocycles. The number of benzene rings is 1. The molecular weight excluding hydrogens is 188 g/mol. The Morgan fingerprint density at radius 3 is 2.87 bits per heavy atom. The second kappa shape index (κ2) is 4.81. The molecule has 1 fully saturated rings. The Balaban J connectivity index is 2.00. The van der Waals surface area contributed by atoms with Gasteiger partial charge in [-0.15, -0.1) is 0 Å². The zero-order chi connectivity index (χ0) is 10.5. The minimum absolute atomic E-state index is 0.298. The fourth-order valence-electron chi connectivity index (χ4n) is 1.73. The molecule has 2 rings (SSSR count). The van der Waals surface area contributed by atoms with E-state index in [-0.39, 0.29) is 0 Å². The summed E-state index contributed by atoms with van der Waals surface area (Å²) in [5.74, 6) is 0.815. The van der Waals surface area contributed by atoms with E-state index in [2.05, 4.69) is 10.2 Å². The summed E-state index contributed by atoms with van der Waals surface area (Å²) in [5.41, 5.74) is 0.640. The van der Waals surface area contributed by atoms with Gasteiger partial charge in [0, 0.05) is 0 Å². The van der Waals surface area contributed by atoms with E-state index in [1.54, 1.807) is 12.1 Å². The number of piperidine rings is 1. The lowest BCUT2D eigenvalue weighted by Crippen LogP contribution is -2.34. The average Bonchev–Trinajstić information content (AvgIpc) is 2.31. The Morgan fingerprint density at radius 2 is 2.13 bits per heavy atom. The maximum Gasteiger partial charge on any atom is 0.190 e. The molecule has 1 heterocycles. The second-order valence-electron chi connectivity index (χ2n) is 3.68. The van der Waals surface area contributed by atoms with E-state index in [9.17, 15) is 0 Å². The van der Waals surface area contributed by atoms with Gasteiger partial charge < -0.3 is 10.1 Å². The van der Waals surface area contributed by atoms with Gasteiger partial charge >= 0.3 is 0 Å². The lowest BCUT2D eigenvalue weighted by Gasteiger charge is -2.23. The predicted octanol–water partition coefficient (Wildman–Crippen LogP) is 2.37. The standard InChI is InChI=1S/C12H14N2O/c1-13-10-3-2-4-12(9-10)15-11-5-7-14-8-6-11/h2-4,9,11,14H,5-8H2. The molecule has 1 aliphatic rings. The summed E-state index contributed by atoms with van der Waals surface area (Å²) in [6.07, 6.45) is 2.39. The third-order valence-corrected chi connectivity index (χ3v) is 2.54. The van der Waals surface area contributed by atoms with Crippen LogP contribution in [0.1, 0.15) is 12.8 Å². The molecule has 1 N–H and O–H groups in total. The zero-order valence-electron chi connectivity index (χ0n) is 8.57. The fraction of sp³-hybridized carbons (Fsp3) is 0.417. The molecule has 1 aromatic rings. The highest BCUT2D eigenvalue weighted by Crippen LogP contribution is 2.22. The van der Waals surface area contributed by atoms with Crippen LogP contribution in [0.5, 0.6) is 5.75 Å². The molecule has 0 spiro atoms. The third kappa shape index (κ3) is 2.71. The summed E-state index contributed by atoms with van der Waals surface area (Å²) < 4.78 is 5.81. The normalized spacial score (nSPS) is 17.0. The maximum absolute atomic E-state index is 6.92. The van der Waals surface area contributed by atoms with Crippen molar-refractivity contribution in [1.29, 1.82) is 0 Å². The van der Waals surface area contributed by atoms with Crippen molar-refractivity contribution in [2.75, 3.05) is 13.1 Å². The highest BCUT2D eigenvalue weighted by molar-refractivity contribution is 5.48. The van der Waals surface area contributed by atoms with E-state index < -0.39 is 0 Å². The molecular formula is C12H14N2O. The molecule has 0 aromatic heterocycles. The zero-order valence-corrected chi connectivity index (χ0v) is 8.57. The summed E-state index contributed by atoms with van der Waals surface area (Å²) in [6.45, 7) is 8.96.